The molecular formula is C16H23N3O2S. The van der Waals surface area contributed by atoms with Gasteiger partial charge in [0, 0.05) is 29.8 Å². The molecule has 2 atom stereocenters. The number of amides is 2. The van der Waals surface area contributed by atoms with Crippen molar-refractivity contribution in [2.75, 3.05) is 16.9 Å². The third kappa shape index (κ3) is 4.74. The van der Waals surface area contributed by atoms with Crippen LogP contribution in [0.1, 0.15) is 25.8 Å². The average Bonchev–Trinajstić information content (AvgIpc) is 3.06. The Bertz CT molecular complexity index is 530. The zero-order valence-electron chi connectivity index (χ0n) is 13.0. The Labute approximate surface area is 135 Å². The second-order valence-electron chi connectivity index (χ2n) is 5.49. The molecule has 0 bridgehead atoms. The molecule has 1 aliphatic rings. The fourth-order valence-electron chi connectivity index (χ4n) is 2.09. The quantitative estimate of drug-likeness (QED) is 0.749. The maximum Gasteiger partial charge on any atom is 0.238 e. The monoisotopic (exact) mass is 321 g/mol. The Morgan fingerprint density at radius 3 is 2.95 bits per heavy atom. The Hall–Kier alpha value is -1.53. The van der Waals surface area contributed by atoms with E-state index in [2.05, 4.69) is 16.0 Å². The highest BCUT2D eigenvalue weighted by Crippen LogP contribution is 2.14. The van der Waals surface area contributed by atoms with E-state index in [0.29, 0.717) is 6.54 Å². The Balaban J connectivity index is 1.88. The fourth-order valence-corrected chi connectivity index (χ4v) is 3.03. The van der Waals surface area contributed by atoms with E-state index in [4.69, 9.17) is 0 Å². The average molecular weight is 321 g/mol. The maximum absolute atomic E-state index is 12.0. The summed E-state index contributed by atoms with van der Waals surface area (Å²) in [5.41, 5.74) is 1.74. The second-order valence-corrected chi connectivity index (χ2v) is 6.52. The van der Waals surface area contributed by atoms with Crippen LogP contribution >= 0.6 is 11.8 Å². The molecule has 1 aromatic rings. The maximum atomic E-state index is 12.0. The summed E-state index contributed by atoms with van der Waals surface area (Å²) in [7, 11) is 0. The van der Waals surface area contributed by atoms with Crippen LogP contribution in [0.15, 0.2) is 24.3 Å². The van der Waals surface area contributed by atoms with E-state index in [1.54, 1.807) is 11.8 Å². The van der Waals surface area contributed by atoms with Gasteiger partial charge in [0.25, 0.3) is 0 Å². The second kappa shape index (κ2) is 8.19. The van der Waals surface area contributed by atoms with Crippen LogP contribution < -0.4 is 16.0 Å². The van der Waals surface area contributed by atoms with Gasteiger partial charge in [-0.25, -0.2) is 0 Å². The van der Waals surface area contributed by atoms with Crippen molar-refractivity contribution in [2.24, 2.45) is 5.92 Å². The highest BCUT2D eigenvalue weighted by Gasteiger charge is 2.21. The van der Waals surface area contributed by atoms with Gasteiger partial charge in [-0.3, -0.25) is 14.9 Å². The van der Waals surface area contributed by atoms with Gasteiger partial charge in [0.05, 0.1) is 6.04 Å². The zero-order chi connectivity index (χ0) is 15.9. The first-order valence-electron chi connectivity index (χ1n) is 7.58. The molecule has 1 fully saturated rings. The molecule has 2 rings (SSSR count). The molecule has 0 radical (unpaired) electrons. The van der Waals surface area contributed by atoms with Crippen molar-refractivity contribution >= 4 is 29.3 Å². The van der Waals surface area contributed by atoms with Gasteiger partial charge in [0.15, 0.2) is 0 Å². The largest absolute Gasteiger partial charge is 0.351 e. The lowest BCUT2D eigenvalue weighted by atomic mass is 10.1. The van der Waals surface area contributed by atoms with Crippen molar-refractivity contribution in [1.82, 2.24) is 10.6 Å². The van der Waals surface area contributed by atoms with Gasteiger partial charge in [-0.2, -0.15) is 0 Å². The van der Waals surface area contributed by atoms with Crippen molar-refractivity contribution < 1.29 is 9.59 Å². The van der Waals surface area contributed by atoms with Crippen molar-refractivity contribution in [3.63, 3.8) is 0 Å². The number of hydrogen-bond acceptors (Lipinski definition) is 4. The molecule has 0 aliphatic carbocycles. The molecule has 22 heavy (non-hydrogen) atoms. The summed E-state index contributed by atoms with van der Waals surface area (Å²) in [4.78, 5) is 23.9. The molecule has 6 heteroatoms. The topological polar surface area (TPSA) is 70.2 Å². The summed E-state index contributed by atoms with van der Waals surface area (Å²) in [5.74, 6) is 1.69. The molecular weight excluding hydrogens is 298 g/mol. The summed E-state index contributed by atoms with van der Waals surface area (Å²) >= 11 is 1.73. The summed E-state index contributed by atoms with van der Waals surface area (Å²) in [6.07, 6.45) is 0.813. The first-order chi connectivity index (χ1) is 10.6. The summed E-state index contributed by atoms with van der Waals surface area (Å²) in [6.45, 7) is 4.37. The smallest absolute Gasteiger partial charge is 0.238 e. The molecule has 5 nitrogen and oxygen atoms in total. The lowest BCUT2D eigenvalue weighted by Gasteiger charge is -2.13. The van der Waals surface area contributed by atoms with Crippen molar-refractivity contribution in [1.29, 1.82) is 0 Å². The van der Waals surface area contributed by atoms with E-state index in [-0.39, 0.29) is 23.8 Å². The Morgan fingerprint density at radius 2 is 2.27 bits per heavy atom. The minimum Gasteiger partial charge on any atom is -0.351 e. The van der Waals surface area contributed by atoms with E-state index in [9.17, 15) is 9.59 Å². The van der Waals surface area contributed by atoms with Crippen LogP contribution in [0.25, 0.3) is 0 Å². The Morgan fingerprint density at radius 1 is 1.45 bits per heavy atom. The van der Waals surface area contributed by atoms with Gasteiger partial charge in [-0.1, -0.05) is 26.0 Å². The molecule has 120 valence electrons. The number of thioether (sulfide) groups is 1. The van der Waals surface area contributed by atoms with E-state index in [1.807, 2.05) is 38.1 Å². The summed E-state index contributed by atoms with van der Waals surface area (Å²) in [6, 6.07) is 7.49. The number of anilines is 1. The first-order valence-corrected chi connectivity index (χ1v) is 8.74. The van der Waals surface area contributed by atoms with Gasteiger partial charge in [-0.05, 0) is 24.1 Å². The molecule has 2 unspecified atom stereocenters. The lowest BCUT2D eigenvalue weighted by molar-refractivity contribution is -0.122. The van der Waals surface area contributed by atoms with Crippen molar-refractivity contribution in [2.45, 2.75) is 32.9 Å². The summed E-state index contributed by atoms with van der Waals surface area (Å²) < 4.78 is 0. The zero-order valence-corrected chi connectivity index (χ0v) is 13.8. The van der Waals surface area contributed by atoms with Crippen LogP contribution in [0.2, 0.25) is 0 Å². The fraction of sp³-hybridized carbons (Fsp3) is 0.500. The van der Waals surface area contributed by atoms with Crippen LogP contribution in [0.4, 0.5) is 5.69 Å². The standard InChI is InChI=1S/C16H23N3O2S/c1-3-11(2)15(20)19-13-6-4-5-12(7-13)8-17-16(21)14-9-22-10-18-14/h4-7,11,14,18H,3,8-10H2,1-2H3,(H,17,21)(H,19,20). The molecule has 0 aromatic heterocycles. The molecule has 0 saturated carbocycles. The molecule has 1 aromatic carbocycles. The SMILES string of the molecule is CCC(C)C(=O)Nc1cccc(CNC(=O)C2CSCN2)c1. The van der Waals surface area contributed by atoms with Crippen LogP contribution in [0.5, 0.6) is 0 Å². The minimum absolute atomic E-state index is 0.00528. The first kappa shape index (κ1) is 16.8. The summed E-state index contributed by atoms with van der Waals surface area (Å²) in [5, 5.41) is 8.98. The van der Waals surface area contributed by atoms with Crippen LogP contribution in [-0.2, 0) is 16.1 Å². The van der Waals surface area contributed by atoms with E-state index < -0.39 is 0 Å². The van der Waals surface area contributed by atoms with E-state index in [1.165, 1.54) is 0 Å². The van der Waals surface area contributed by atoms with Crippen LogP contribution in [0, 0.1) is 5.92 Å². The molecule has 1 aliphatic heterocycles. The molecule has 1 heterocycles. The normalized spacial score (nSPS) is 18.7. The predicted molar refractivity (Wildman–Crippen MR) is 90.6 cm³/mol. The number of benzene rings is 1. The molecule has 1 saturated heterocycles. The number of hydrogen-bond donors (Lipinski definition) is 3. The third-order valence-corrected chi connectivity index (χ3v) is 4.69. The number of carbonyl (C=O) groups is 2. The van der Waals surface area contributed by atoms with Gasteiger partial charge < -0.3 is 10.6 Å². The van der Waals surface area contributed by atoms with Gasteiger partial charge in [-0.15, -0.1) is 11.8 Å². The van der Waals surface area contributed by atoms with E-state index in [0.717, 1.165) is 29.3 Å². The third-order valence-electron chi connectivity index (χ3n) is 3.75. The molecule has 3 N–H and O–H groups in total. The minimum atomic E-state index is -0.0988. The van der Waals surface area contributed by atoms with Crippen LogP contribution in [-0.4, -0.2) is 29.5 Å². The molecule has 2 amide bonds. The van der Waals surface area contributed by atoms with Gasteiger partial charge in [0.2, 0.25) is 11.8 Å². The lowest BCUT2D eigenvalue weighted by Crippen LogP contribution is -2.41. The van der Waals surface area contributed by atoms with Crippen molar-refractivity contribution in [3.8, 4) is 0 Å². The van der Waals surface area contributed by atoms with Crippen molar-refractivity contribution in [3.05, 3.63) is 29.8 Å². The number of carbonyl (C=O) groups excluding carboxylic acids is 2. The van der Waals surface area contributed by atoms with Gasteiger partial charge >= 0.3 is 0 Å². The van der Waals surface area contributed by atoms with Gasteiger partial charge in [0.1, 0.15) is 0 Å². The van der Waals surface area contributed by atoms with Crippen LogP contribution in [0.3, 0.4) is 0 Å². The highest BCUT2D eigenvalue weighted by atomic mass is 32.2. The number of rotatable bonds is 6. The Kier molecular flexibility index (Phi) is 6.27. The highest BCUT2D eigenvalue weighted by molar-refractivity contribution is 7.99. The van der Waals surface area contributed by atoms with E-state index >= 15 is 0 Å². The number of nitrogens with one attached hydrogen (secondary N) is 3. The molecule has 0 spiro atoms. The predicted octanol–water partition coefficient (Wildman–Crippen LogP) is 1.95.